The molecule has 4 nitrogen and oxygen atoms in total. The second-order valence-electron chi connectivity index (χ2n) is 5.55. The molecule has 3 aromatic rings. The number of hydrazone groups is 1. The summed E-state index contributed by atoms with van der Waals surface area (Å²) in [7, 11) is 0. The Morgan fingerprint density at radius 1 is 0.962 bits per heavy atom. The van der Waals surface area contributed by atoms with Crippen LogP contribution in [0, 0.1) is 0 Å². The number of halogens is 1. The molecule has 1 N–H and O–H groups in total. The summed E-state index contributed by atoms with van der Waals surface area (Å²) >= 11 is 3.41. The van der Waals surface area contributed by atoms with Crippen molar-refractivity contribution < 1.29 is 9.53 Å². The number of hydrogen-bond donors (Lipinski definition) is 1. The summed E-state index contributed by atoms with van der Waals surface area (Å²) in [6.07, 6.45) is 1.60. The maximum Gasteiger partial charge on any atom is 0.271 e. The van der Waals surface area contributed by atoms with E-state index in [0.29, 0.717) is 12.2 Å². The Kier molecular flexibility index (Phi) is 6.17. The third-order valence-corrected chi connectivity index (χ3v) is 4.14. The number of amides is 1. The van der Waals surface area contributed by atoms with Crippen LogP contribution in [0.3, 0.4) is 0 Å². The molecule has 0 aliphatic heterocycles. The van der Waals surface area contributed by atoms with Crippen LogP contribution in [0.4, 0.5) is 0 Å². The fraction of sp³-hybridized carbons (Fsp3) is 0.0476. The molecule has 0 radical (unpaired) electrons. The number of nitrogens with zero attached hydrogens (tertiary/aromatic N) is 1. The SMILES string of the molecule is O=C(N/N=C\c1ccc(OCc2ccc(Br)cc2)cc1)c1ccccc1. The van der Waals surface area contributed by atoms with E-state index in [1.165, 1.54) is 0 Å². The van der Waals surface area contributed by atoms with Crippen molar-refractivity contribution in [3.8, 4) is 5.75 Å². The minimum Gasteiger partial charge on any atom is -0.489 e. The van der Waals surface area contributed by atoms with Gasteiger partial charge >= 0.3 is 0 Å². The Bertz CT molecular complexity index is 876. The van der Waals surface area contributed by atoms with Gasteiger partial charge in [-0.3, -0.25) is 4.79 Å². The van der Waals surface area contributed by atoms with E-state index in [1.54, 1.807) is 18.3 Å². The van der Waals surface area contributed by atoms with E-state index in [1.807, 2.05) is 66.7 Å². The van der Waals surface area contributed by atoms with Crippen LogP contribution in [0.1, 0.15) is 21.5 Å². The van der Waals surface area contributed by atoms with E-state index < -0.39 is 0 Å². The van der Waals surface area contributed by atoms with Gasteiger partial charge in [0.1, 0.15) is 12.4 Å². The maximum atomic E-state index is 11.9. The van der Waals surface area contributed by atoms with Gasteiger partial charge in [0.05, 0.1) is 6.21 Å². The Hall–Kier alpha value is -2.92. The normalized spacial score (nSPS) is 10.7. The average molecular weight is 409 g/mol. The second kappa shape index (κ2) is 8.97. The lowest BCUT2D eigenvalue weighted by atomic mass is 10.2. The number of nitrogens with one attached hydrogen (secondary N) is 1. The Labute approximate surface area is 160 Å². The molecule has 0 heterocycles. The van der Waals surface area contributed by atoms with E-state index in [2.05, 4.69) is 26.5 Å². The predicted octanol–water partition coefficient (Wildman–Crippen LogP) is 4.79. The van der Waals surface area contributed by atoms with E-state index in [-0.39, 0.29) is 5.91 Å². The van der Waals surface area contributed by atoms with Gasteiger partial charge in [-0.15, -0.1) is 0 Å². The minimum atomic E-state index is -0.240. The van der Waals surface area contributed by atoms with Crippen LogP contribution in [0.25, 0.3) is 0 Å². The Morgan fingerprint density at radius 3 is 2.35 bits per heavy atom. The highest BCUT2D eigenvalue weighted by atomic mass is 79.9. The van der Waals surface area contributed by atoms with Gasteiger partial charge in [0.25, 0.3) is 5.91 Å². The van der Waals surface area contributed by atoms with Crippen molar-refractivity contribution >= 4 is 28.1 Å². The fourth-order valence-corrected chi connectivity index (χ4v) is 2.48. The highest BCUT2D eigenvalue weighted by molar-refractivity contribution is 9.10. The third kappa shape index (κ3) is 5.29. The van der Waals surface area contributed by atoms with E-state index in [4.69, 9.17) is 4.74 Å². The van der Waals surface area contributed by atoms with Crippen LogP contribution in [0.5, 0.6) is 5.75 Å². The molecule has 130 valence electrons. The lowest BCUT2D eigenvalue weighted by molar-refractivity contribution is 0.0955. The van der Waals surface area contributed by atoms with Crippen LogP contribution >= 0.6 is 15.9 Å². The molecule has 0 aliphatic rings. The number of ether oxygens (including phenoxy) is 1. The first-order valence-corrected chi connectivity index (χ1v) is 8.86. The summed E-state index contributed by atoms with van der Waals surface area (Å²) in [6, 6.07) is 24.5. The van der Waals surface area contributed by atoms with Gasteiger partial charge in [-0.2, -0.15) is 5.10 Å². The molecule has 0 unspecified atom stereocenters. The Morgan fingerprint density at radius 2 is 1.65 bits per heavy atom. The predicted molar refractivity (Wildman–Crippen MR) is 106 cm³/mol. The van der Waals surface area contributed by atoms with Gasteiger partial charge in [-0.05, 0) is 59.7 Å². The second-order valence-corrected chi connectivity index (χ2v) is 6.47. The van der Waals surface area contributed by atoms with Gasteiger partial charge in [0.15, 0.2) is 0 Å². The zero-order chi connectivity index (χ0) is 18.2. The number of rotatable bonds is 6. The van der Waals surface area contributed by atoms with Crippen molar-refractivity contribution in [2.24, 2.45) is 5.10 Å². The summed E-state index contributed by atoms with van der Waals surface area (Å²) < 4.78 is 6.80. The molecule has 26 heavy (non-hydrogen) atoms. The quantitative estimate of drug-likeness (QED) is 0.470. The first-order valence-electron chi connectivity index (χ1n) is 8.06. The molecule has 0 saturated heterocycles. The fourth-order valence-electron chi connectivity index (χ4n) is 2.22. The van der Waals surface area contributed by atoms with Crippen molar-refractivity contribution in [1.29, 1.82) is 0 Å². The number of hydrogen-bond acceptors (Lipinski definition) is 3. The highest BCUT2D eigenvalue weighted by Gasteiger charge is 2.01. The summed E-state index contributed by atoms with van der Waals surface area (Å²) in [6.45, 7) is 0.508. The van der Waals surface area contributed by atoms with Crippen LogP contribution in [-0.2, 0) is 6.61 Å². The molecule has 0 bridgehead atoms. The van der Waals surface area contributed by atoms with Crippen LogP contribution in [0.15, 0.2) is 88.4 Å². The summed E-state index contributed by atoms with van der Waals surface area (Å²) in [5, 5.41) is 3.98. The molecule has 0 saturated carbocycles. The molecular weight excluding hydrogens is 392 g/mol. The third-order valence-electron chi connectivity index (χ3n) is 3.61. The zero-order valence-electron chi connectivity index (χ0n) is 13.9. The van der Waals surface area contributed by atoms with Crippen molar-refractivity contribution in [1.82, 2.24) is 5.43 Å². The summed E-state index contributed by atoms with van der Waals surface area (Å²) in [5.41, 5.74) is 5.05. The van der Waals surface area contributed by atoms with Crippen LogP contribution < -0.4 is 10.2 Å². The molecule has 0 fully saturated rings. The van der Waals surface area contributed by atoms with Gasteiger partial charge in [0.2, 0.25) is 0 Å². The molecule has 3 rings (SSSR count). The molecule has 0 atom stereocenters. The van der Waals surface area contributed by atoms with Gasteiger partial charge < -0.3 is 4.74 Å². The van der Waals surface area contributed by atoms with E-state index in [0.717, 1.165) is 21.3 Å². The molecule has 0 aliphatic carbocycles. The highest BCUT2D eigenvalue weighted by Crippen LogP contribution is 2.15. The topological polar surface area (TPSA) is 50.7 Å². The van der Waals surface area contributed by atoms with E-state index in [9.17, 15) is 4.79 Å². The lowest BCUT2D eigenvalue weighted by Gasteiger charge is -2.06. The number of carbonyl (C=O) groups is 1. The van der Waals surface area contributed by atoms with Crippen LogP contribution in [-0.4, -0.2) is 12.1 Å². The van der Waals surface area contributed by atoms with Crippen molar-refractivity contribution in [3.63, 3.8) is 0 Å². The van der Waals surface area contributed by atoms with Gasteiger partial charge in [-0.25, -0.2) is 5.43 Å². The minimum absolute atomic E-state index is 0.240. The largest absolute Gasteiger partial charge is 0.489 e. The smallest absolute Gasteiger partial charge is 0.271 e. The molecule has 0 spiro atoms. The lowest BCUT2D eigenvalue weighted by Crippen LogP contribution is -2.17. The maximum absolute atomic E-state index is 11.9. The standard InChI is InChI=1S/C21H17BrN2O2/c22-19-10-6-17(7-11-19)15-26-20-12-8-16(9-13-20)14-23-24-21(25)18-4-2-1-3-5-18/h1-14H,15H2,(H,24,25)/b23-14-. The van der Waals surface area contributed by atoms with Gasteiger partial charge in [-0.1, -0.05) is 46.3 Å². The van der Waals surface area contributed by atoms with Crippen molar-refractivity contribution in [2.45, 2.75) is 6.61 Å². The molecule has 1 amide bonds. The zero-order valence-corrected chi connectivity index (χ0v) is 15.5. The van der Waals surface area contributed by atoms with Crippen LogP contribution in [0.2, 0.25) is 0 Å². The first kappa shape index (κ1) is 17.9. The average Bonchev–Trinajstić information content (AvgIpc) is 2.69. The number of benzene rings is 3. The molecule has 5 heteroatoms. The van der Waals surface area contributed by atoms with Gasteiger partial charge in [0, 0.05) is 10.0 Å². The molecule has 3 aromatic carbocycles. The van der Waals surface area contributed by atoms with Crippen molar-refractivity contribution in [2.75, 3.05) is 0 Å². The monoisotopic (exact) mass is 408 g/mol. The first-order chi connectivity index (χ1) is 12.7. The van der Waals surface area contributed by atoms with Crippen molar-refractivity contribution in [3.05, 3.63) is 100 Å². The summed E-state index contributed by atoms with van der Waals surface area (Å²) in [5.74, 6) is 0.537. The molecular formula is C21H17BrN2O2. The Balaban J connectivity index is 1.51. The molecule has 0 aromatic heterocycles. The number of carbonyl (C=O) groups excluding carboxylic acids is 1. The van der Waals surface area contributed by atoms with E-state index >= 15 is 0 Å². The summed E-state index contributed by atoms with van der Waals surface area (Å²) in [4.78, 5) is 11.9.